The quantitative estimate of drug-likeness (QED) is 0.412. The highest BCUT2D eigenvalue weighted by Crippen LogP contribution is 2.45. The SMILES string of the molecule is CC(=O)N1CCN(c2ccc3c(=O)c(C(=O)NCc4cccnc4)cn4c3c2Oc2ccccc2-4)CC1. The molecule has 0 spiro atoms. The molecule has 2 aromatic carbocycles. The number of anilines is 1. The molecule has 1 saturated heterocycles. The van der Waals surface area contributed by atoms with Gasteiger partial charge in [-0.3, -0.25) is 19.4 Å². The van der Waals surface area contributed by atoms with Crippen LogP contribution < -0.4 is 20.4 Å². The first-order chi connectivity index (χ1) is 18.0. The van der Waals surface area contributed by atoms with E-state index in [-0.39, 0.29) is 23.4 Å². The lowest BCUT2D eigenvalue weighted by molar-refractivity contribution is -0.129. The molecule has 2 aromatic heterocycles. The summed E-state index contributed by atoms with van der Waals surface area (Å²) in [5, 5.41) is 3.25. The summed E-state index contributed by atoms with van der Waals surface area (Å²) in [6.07, 6.45) is 4.95. The summed E-state index contributed by atoms with van der Waals surface area (Å²) in [7, 11) is 0. The van der Waals surface area contributed by atoms with Crippen LogP contribution in [0.2, 0.25) is 0 Å². The number of hydrogen-bond acceptors (Lipinski definition) is 6. The van der Waals surface area contributed by atoms with E-state index in [0.29, 0.717) is 48.6 Å². The Balaban J connectivity index is 1.44. The lowest BCUT2D eigenvalue weighted by Crippen LogP contribution is -2.48. The van der Waals surface area contributed by atoms with E-state index in [1.165, 1.54) is 0 Å². The van der Waals surface area contributed by atoms with Gasteiger partial charge in [0.25, 0.3) is 5.91 Å². The van der Waals surface area contributed by atoms with Gasteiger partial charge in [0.2, 0.25) is 11.3 Å². The molecule has 4 heterocycles. The number of carbonyl (C=O) groups excluding carboxylic acids is 2. The molecule has 9 nitrogen and oxygen atoms in total. The van der Waals surface area contributed by atoms with Crippen LogP contribution in [0.1, 0.15) is 22.8 Å². The number of para-hydroxylation sites is 2. The second-order valence-corrected chi connectivity index (χ2v) is 9.16. The molecular formula is C28H25N5O4. The van der Waals surface area contributed by atoms with Crippen LogP contribution in [-0.4, -0.2) is 52.4 Å². The van der Waals surface area contributed by atoms with E-state index in [4.69, 9.17) is 4.74 Å². The molecule has 37 heavy (non-hydrogen) atoms. The number of carbonyl (C=O) groups is 2. The first kappa shape index (κ1) is 22.8. The van der Waals surface area contributed by atoms with Gasteiger partial charge in [-0.1, -0.05) is 18.2 Å². The van der Waals surface area contributed by atoms with Crippen molar-refractivity contribution < 1.29 is 14.3 Å². The average Bonchev–Trinajstić information content (AvgIpc) is 2.93. The van der Waals surface area contributed by atoms with Crippen molar-refractivity contribution >= 4 is 28.4 Å². The van der Waals surface area contributed by atoms with Gasteiger partial charge in [0.05, 0.1) is 16.8 Å². The van der Waals surface area contributed by atoms with Crippen LogP contribution in [0.3, 0.4) is 0 Å². The minimum Gasteiger partial charge on any atom is -0.451 e. The topological polar surface area (TPSA) is 96.8 Å². The molecule has 0 bridgehead atoms. The highest BCUT2D eigenvalue weighted by Gasteiger charge is 2.29. The molecule has 9 heteroatoms. The Bertz CT molecular complexity index is 1590. The van der Waals surface area contributed by atoms with Gasteiger partial charge in [-0.2, -0.15) is 0 Å². The molecule has 2 aliphatic heterocycles. The van der Waals surface area contributed by atoms with Gasteiger partial charge in [-0.05, 0) is 35.9 Å². The van der Waals surface area contributed by atoms with Crippen LogP contribution in [0.5, 0.6) is 11.5 Å². The Hall–Kier alpha value is -4.66. The first-order valence-corrected chi connectivity index (χ1v) is 12.2. The zero-order chi connectivity index (χ0) is 25.5. The Labute approximate surface area is 212 Å². The number of aromatic nitrogens is 2. The molecule has 1 N–H and O–H groups in total. The van der Waals surface area contributed by atoms with E-state index in [1.807, 2.05) is 45.9 Å². The van der Waals surface area contributed by atoms with Crippen LogP contribution in [0.25, 0.3) is 16.6 Å². The molecule has 6 rings (SSSR count). The maximum absolute atomic E-state index is 13.5. The first-order valence-electron chi connectivity index (χ1n) is 12.2. The number of benzene rings is 2. The Morgan fingerprint density at radius 1 is 1.00 bits per heavy atom. The summed E-state index contributed by atoms with van der Waals surface area (Å²) in [5.41, 5.74) is 2.77. The number of nitrogens with zero attached hydrogens (tertiary/aromatic N) is 4. The third-order valence-electron chi connectivity index (χ3n) is 6.92. The third-order valence-corrected chi connectivity index (χ3v) is 6.92. The van der Waals surface area contributed by atoms with Crippen molar-refractivity contribution in [2.75, 3.05) is 31.1 Å². The van der Waals surface area contributed by atoms with Gasteiger partial charge in [0, 0.05) is 58.2 Å². The highest BCUT2D eigenvalue weighted by atomic mass is 16.5. The number of piperazine rings is 1. The van der Waals surface area contributed by atoms with Gasteiger partial charge in [0.1, 0.15) is 11.1 Å². The molecule has 0 unspecified atom stereocenters. The fraction of sp³-hybridized carbons (Fsp3) is 0.214. The fourth-order valence-corrected chi connectivity index (χ4v) is 4.98. The number of pyridine rings is 2. The van der Waals surface area contributed by atoms with E-state index in [1.54, 1.807) is 37.6 Å². The van der Waals surface area contributed by atoms with Crippen molar-refractivity contribution in [1.82, 2.24) is 19.8 Å². The van der Waals surface area contributed by atoms with Crippen molar-refractivity contribution in [2.24, 2.45) is 0 Å². The zero-order valence-corrected chi connectivity index (χ0v) is 20.3. The van der Waals surface area contributed by atoms with Gasteiger partial charge in [-0.25, -0.2) is 0 Å². The Morgan fingerprint density at radius 2 is 1.81 bits per heavy atom. The van der Waals surface area contributed by atoms with Gasteiger partial charge >= 0.3 is 0 Å². The van der Waals surface area contributed by atoms with E-state index < -0.39 is 5.91 Å². The molecule has 1 fully saturated rings. The molecular weight excluding hydrogens is 470 g/mol. The Morgan fingerprint density at radius 3 is 2.57 bits per heavy atom. The van der Waals surface area contributed by atoms with E-state index >= 15 is 0 Å². The average molecular weight is 496 g/mol. The lowest BCUT2D eigenvalue weighted by Gasteiger charge is -2.37. The zero-order valence-electron chi connectivity index (χ0n) is 20.3. The van der Waals surface area contributed by atoms with Crippen LogP contribution in [0, 0.1) is 0 Å². The molecule has 186 valence electrons. The molecule has 0 atom stereocenters. The minimum absolute atomic E-state index is 0.0573. The van der Waals surface area contributed by atoms with Crippen LogP contribution in [-0.2, 0) is 11.3 Å². The van der Waals surface area contributed by atoms with Crippen LogP contribution >= 0.6 is 0 Å². The van der Waals surface area contributed by atoms with Gasteiger partial charge in [0.15, 0.2) is 11.5 Å². The fourth-order valence-electron chi connectivity index (χ4n) is 4.98. The number of amides is 2. The normalized spacial score (nSPS) is 14.2. The van der Waals surface area contributed by atoms with Crippen molar-refractivity contribution in [3.05, 3.63) is 88.5 Å². The third kappa shape index (κ3) is 3.98. The standard InChI is InChI=1S/C28H25N5O4/c1-18(34)31-11-13-32(14-12-31)23-9-8-20-25-27(23)37-24-7-3-2-6-22(24)33(25)17-21(26(20)35)28(36)30-16-19-5-4-10-29-15-19/h2-10,15,17H,11-14,16H2,1H3,(H,30,36). The summed E-state index contributed by atoms with van der Waals surface area (Å²) >= 11 is 0. The largest absolute Gasteiger partial charge is 0.451 e. The highest BCUT2D eigenvalue weighted by molar-refractivity contribution is 6.01. The minimum atomic E-state index is -0.450. The monoisotopic (exact) mass is 495 g/mol. The van der Waals surface area contributed by atoms with E-state index in [0.717, 1.165) is 16.9 Å². The summed E-state index contributed by atoms with van der Waals surface area (Å²) in [5.74, 6) is 0.825. The predicted molar refractivity (Wildman–Crippen MR) is 139 cm³/mol. The predicted octanol–water partition coefficient (Wildman–Crippen LogP) is 3.09. The smallest absolute Gasteiger partial charge is 0.257 e. The van der Waals surface area contributed by atoms with E-state index in [2.05, 4.69) is 15.2 Å². The number of ether oxygens (including phenoxy) is 1. The molecule has 0 aliphatic carbocycles. The van der Waals surface area contributed by atoms with Crippen molar-refractivity contribution in [3.63, 3.8) is 0 Å². The number of fused-ring (bicyclic) bond motifs is 2. The van der Waals surface area contributed by atoms with Crippen LogP contribution in [0.4, 0.5) is 5.69 Å². The molecule has 0 saturated carbocycles. The summed E-state index contributed by atoms with van der Waals surface area (Å²) in [6, 6.07) is 14.8. The summed E-state index contributed by atoms with van der Waals surface area (Å²) in [6.45, 7) is 4.39. The molecule has 4 aromatic rings. The summed E-state index contributed by atoms with van der Waals surface area (Å²) in [4.78, 5) is 46.5. The van der Waals surface area contributed by atoms with E-state index in [9.17, 15) is 14.4 Å². The molecule has 0 radical (unpaired) electrons. The summed E-state index contributed by atoms with van der Waals surface area (Å²) < 4.78 is 8.25. The number of hydrogen-bond donors (Lipinski definition) is 1. The second-order valence-electron chi connectivity index (χ2n) is 9.16. The number of rotatable bonds is 4. The van der Waals surface area contributed by atoms with Crippen molar-refractivity contribution in [2.45, 2.75) is 13.5 Å². The molecule has 2 amide bonds. The number of nitrogens with one attached hydrogen (secondary N) is 1. The lowest BCUT2D eigenvalue weighted by atomic mass is 10.1. The second kappa shape index (κ2) is 9.09. The van der Waals surface area contributed by atoms with Crippen molar-refractivity contribution in [1.29, 1.82) is 0 Å². The van der Waals surface area contributed by atoms with Crippen molar-refractivity contribution in [3.8, 4) is 17.2 Å². The maximum Gasteiger partial charge on any atom is 0.257 e. The van der Waals surface area contributed by atoms with Gasteiger partial charge in [-0.15, -0.1) is 0 Å². The Kier molecular flexibility index (Phi) is 5.60. The van der Waals surface area contributed by atoms with Gasteiger partial charge < -0.3 is 24.4 Å². The van der Waals surface area contributed by atoms with Crippen LogP contribution in [0.15, 0.2) is 71.9 Å². The molecule has 2 aliphatic rings. The maximum atomic E-state index is 13.5.